The molecular weight excluding hydrogens is 464 g/mol. The quantitative estimate of drug-likeness (QED) is 0.200. The van der Waals surface area contributed by atoms with E-state index in [0.717, 1.165) is 16.5 Å². The summed E-state index contributed by atoms with van der Waals surface area (Å²) in [5, 5.41) is 30.2. The van der Waals surface area contributed by atoms with Gasteiger partial charge in [-0.25, -0.2) is 5.43 Å². The Bertz CT molecular complexity index is 1440. The van der Waals surface area contributed by atoms with Crippen LogP contribution in [0.15, 0.2) is 65.8 Å². The minimum absolute atomic E-state index is 0.194. The zero-order valence-electron chi connectivity index (χ0n) is 19.0. The van der Waals surface area contributed by atoms with Crippen LogP contribution in [0.25, 0.3) is 10.8 Å². The molecule has 2 heterocycles. The summed E-state index contributed by atoms with van der Waals surface area (Å²) in [6, 6.07) is 18.0. The Balaban J connectivity index is 1.40. The first-order valence-electron chi connectivity index (χ1n) is 11.2. The molecule has 0 spiro atoms. The number of morpholine rings is 1. The minimum Gasteiger partial charge on any atom is -0.502 e. The van der Waals surface area contributed by atoms with Crippen LogP contribution in [-0.4, -0.2) is 57.5 Å². The van der Waals surface area contributed by atoms with Crippen LogP contribution >= 0.6 is 0 Å². The SMILES string of the molecule is O=[N+]([O-])c1cc(/C=N/Nc2nc(Nc3ccc4ccccc4c3)nc(N3CCOCC3)n2)ccc1O. The van der Waals surface area contributed by atoms with Crippen LogP contribution in [0.5, 0.6) is 5.75 Å². The van der Waals surface area contributed by atoms with Gasteiger partial charge in [-0.2, -0.15) is 20.1 Å². The Morgan fingerprint density at radius 3 is 2.58 bits per heavy atom. The van der Waals surface area contributed by atoms with Gasteiger partial charge in [0.05, 0.1) is 24.4 Å². The van der Waals surface area contributed by atoms with Crippen LogP contribution in [0, 0.1) is 10.1 Å². The molecule has 0 saturated carbocycles. The standard InChI is InChI=1S/C24H22N8O4/c33-21-8-5-16(13-20(21)32(34)35)15-25-30-23-27-22(28-24(29-23)31-9-11-36-12-10-31)26-19-7-6-17-3-1-2-4-18(17)14-19/h1-8,13-15,33H,9-12H2,(H2,26,27,28,29,30)/b25-15+. The van der Waals surface area contributed by atoms with E-state index in [1.165, 1.54) is 24.4 Å². The van der Waals surface area contributed by atoms with Gasteiger partial charge in [0.2, 0.25) is 17.8 Å². The fraction of sp³-hybridized carbons (Fsp3) is 0.167. The van der Waals surface area contributed by atoms with Crippen molar-refractivity contribution in [2.75, 3.05) is 41.9 Å². The second-order valence-corrected chi connectivity index (χ2v) is 7.94. The molecular formula is C24H22N8O4. The molecule has 3 N–H and O–H groups in total. The third kappa shape index (κ3) is 5.28. The average molecular weight is 486 g/mol. The lowest BCUT2D eigenvalue weighted by molar-refractivity contribution is -0.385. The molecule has 1 aliphatic rings. The molecule has 1 fully saturated rings. The van der Waals surface area contributed by atoms with E-state index in [4.69, 9.17) is 4.74 Å². The lowest BCUT2D eigenvalue weighted by Gasteiger charge is -2.27. The number of anilines is 4. The molecule has 12 heteroatoms. The minimum atomic E-state index is -0.661. The number of hydrazone groups is 1. The number of nitrogens with one attached hydrogen (secondary N) is 2. The Kier molecular flexibility index (Phi) is 6.49. The normalized spacial score (nSPS) is 13.7. The number of fused-ring (bicyclic) bond motifs is 1. The molecule has 0 aliphatic carbocycles. The number of phenols is 1. The number of nitro benzene ring substituents is 1. The zero-order chi connectivity index (χ0) is 24.9. The van der Waals surface area contributed by atoms with E-state index in [2.05, 4.69) is 30.8 Å². The molecule has 3 aromatic carbocycles. The fourth-order valence-electron chi connectivity index (χ4n) is 3.70. The summed E-state index contributed by atoms with van der Waals surface area (Å²) in [6.45, 7) is 2.41. The van der Waals surface area contributed by atoms with E-state index in [-0.39, 0.29) is 5.95 Å². The molecule has 1 aliphatic heterocycles. The molecule has 1 aromatic heterocycles. The van der Waals surface area contributed by atoms with Crippen LogP contribution < -0.4 is 15.6 Å². The first-order chi connectivity index (χ1) is 17.5. The van der Waals surface area contributed by atoms with E-state index in [1.54, 1.807) is 0 Å². The summed E-state index contributed by atoms with van der Waals surface area (Å²) >= 11 is 0. The maximum absolute atomic E-state index is 11.1. The first-order valence-corrected chi connectivity index (χ1v) is 11.2. The molecule has 0 unspecified atom stereocenters. The highest BCUT2D eigenvalue weighted by molar-refractivity contribution is 5.86. The predicted octanol–water partition coefficient (Wildman–Crippen LogP) is 3.66. The van der Waals surface area contributed by atoms with Crippen molar-refractivity contribution in [1.29, 1.82) is 0 Å². The number of phenolic OH excluding ortho intramolecular Hbond substituents is 1. The molecule has 0 bridgehead atoms. The number of aromatic hydroxyl groups is 1. The number of nitrogens with zero attached hydrogens (tertiary/aromatic N) is 6. The highest BCUT2D eigenvalue weighted by Crippen LogP contribution is 2.26. The lowest BCUT2D eigenvalue weighted by Crippen LogP contribution is -2.37. The van der Waals surface area contributed by atoms with Crippen LogP contribution in [0.1, 0.15) is 5.56 Å². The summed E-state index contributed by atoms with van der Waals surface area (Å²) in [4.78, 5) is 25.9. The van der Waals surface area contributed by atoms with Gasteiger partial charge in [-0.3, -0.25) is 10.1 Å². The molecule has 36 heavy (non-hydrogen) atoms. The monoisotopic (exact) mass is 486 g/mol. The molecule has 1 saturated heterocycles. The molecule has 0 radical (unpaired) electrons. The van der Waals surface area contributed by atoms with E-state index in [0.29, 0.717) is 43.8 Å². The first kappa shape index (κ1) is 22.9. The van der Waals surface area contributed by atoms with Crippen LogP contribution in [0.4, 0.5) is 29.2 Å². The third-order valence-electron chi connectivity index (χ3n) is 5.50. The molecule has 5 rings (SSSR count). The summed E-state index contributed by atoms with van der Waals surface area (Å²) in [6.07, 6.45) is 1.38. The van der Waals surface area contributed by atoms with E-state index in [9.17, 15) is 15.2 Å². The van der Waals surface area contributed by atoms with Gasteiger partial charge < -0.3 is 20.1 Å². The second-order valence-electron chi connectivity index (χ2n) is 7.94. The van der Waals surface area contributed by atoms with Gasteiger partial charge in [0.1, 0.15) is 0 Å². The molecule has 182 valence electrons. The summed E-state index contributed by atoms with van der Waals surface area (Å²) in [5.41, 5.74) is 3.60. The van der Waals surface area contributed by atoms with Crippen LogP contribution in [0.3, 0.4) is 0 Å². The predicted molar refractivity (Wildman–Crippen MR) is 136 cm³/mol. The van der Waals surface area contributed by atoms with Gasteiger partial charge >= 0.3 is 5.69 Å². The lowest BCUT2D eigenvalue weighted by atomic mass is 10.1. The Hall–Kier alpha value is -4.84. The number of ether oxygens (including phenoxy) is 1. The number of hydrogen-bond acceptors (Lipinski definition) is 11. The van der Waals surface area contributed by atoms with Gasteiger partial charge in [0.15, 0.2) is 5.75 Å². The zero-order valence-corrected chi connectivity index (χ0v) is 19.0. The van der Waals surface area contributed by atoms with Crippen molar-refractivity contribution in [3.8, 4) is 5.75 Å². The van der Waals surface area contributed by atoms with Gasteiger partial charge in [-0.05, 0) is 35.0 Å². The fourth-order valence-corrected chi connectivity index (χ4v) is 3.70. The maximum Gasteiger partial charge on any atom is 0.311 e. The summed E-state index contributed by atoms with van der Waals surface area (Å²) in [5.74, 6) is 0.579. The maximum atomic E-state index is 11.1. The van der Waals surface area contributed by atoms with Crippen molar-refractivity contribution in [3.05, 3.63) is 76.3 Å². The highest BCUT2D eigenvalue weighted by atomic mass is 16.6. The highest BCUT2D eigenvalue weighted by Gasteiger charge is 2.17. The topological polar surface area (TPSA) is 151 Å². The summed E-state index contributed by atoms with van der Waals surface area (Å²) < 4.78 is 5.43. The van der Waals surface area contributed by atoms with E-state index < -0.39 is 16.4 Å². The van der Waals surface area contributed by atoms with Crippen molar-refractivity contribution in [2.45, 2.75) is 0 Å². The van der Waals surface area contributed by atoms with Crippen molar-refractivity contribution >= 4 is 46.2 Å². The van der Waals surface area contributed by atoms with E-state index >= 15 is 0 Å². The van der Waals surface area contributed by atoms with Gasteiger partial charge in [-0.15, -0.1) is 0 Å². The second kappa shape index (κ2) is 10.2. The molecule has 4 aromatic rings. The van der Waals surface area contributed by atoms with Gasteiger partial charge in [0, 0.05) is 30.4 Å². The molecule has 0 atom stereocenters. The summed E-state index contributed by atoms with van der Waals surface area (Å²) in [7, 11) is 0. The Morgan fingerprint density at radius 2 is 1.78 bits per heavy atom. The molecule has 0 amide bonds. The molecule has 12 nitrogen and oxygen atoms in total. The van der Waals surface area contributed by atoms with E-state index in [1.807, 2.05) is 47.4 Å². The average Bonchev–Trinajstić information content (AvgIpc) is 2.90. The van der Waals surface area contributed by atoms with Crippen molar-refractivity contribution in [3.63, 3.8) is 0 Å². The van der Waals surface area contributed by atoms with Crippen LogP contribution in [-0.2, 0) is 4.74 Å². The Morgan fingerprint density at radius 1 is 1.00 bits per heavy atom. The number of aromatic nitrogens is 3. The van der Waals surface area contributed by atoms with Gasteiger partial charge in [0.25, 0.3) is 0 Å². The van der Waals surface area contributed by atoms with Crippen LogP contribution in [0.2, 0.25) is 0 Å². The van der Waals surface area contributed by atoms with Crippen molar-refractivity contribution in [1.82, 2.24) is 15.0 Å². The van der Waals surface area contributed by atoms with Crippen molar-refractivity contribution in [2.24, 2.45) is 5.10 Å². The third-order valence-corrected chi connectivity index (χ3v) is 5.50. The number of hydrogen-bond donors (Lipinski definition) is 3. The van der Waals surface area contributed by atoms with Gasteiger partial charge in [-0.1, -0.05) is 30.3 Å². The number of rotatable bonds is 7. The Labute approximate surface area is 205 Å². The number of benzene rings is 3. The largest absolute Gasteiger partial charge is 0.502 e. The smallest absolute Gasteiger partial charge is 0.311 e. The van der Waals surface area contributed by atoms with Crippen molar-refractivity contribution < 1.29 is 14.8 Å². The number of nitro groups is 1.